The van der Waals surface area contributed by atoms with Crippen LogP contribution in [0.1, 0.15) is 23.7 Å². The Kier molecular flexibility index (Phi) is 4.08. The minimum atomic E-state index is -0.0727. The summed E-state index contributed by atoms with van der Waals surface area (Å²) < 4.78 is 1.46. The summed E-state index contributed by atoms with van der Waals surface area (Å²) in [4.78, 5) is 14.8. The number of halogens is 1. The number of likely N-dealkylation sites (tertiary alicyclic amines) is 1. The van der Waals surface area contributed by atoms with Crippen molar-refractivity contribution in [3.63, 3.8) is 0 Å². The molecule has 2 N–H and O–H groups in total. The Balaban J connectivity index is 1.97. The molecule has 1 saturated heterocycles. The fraction of sp³-hybridized carbons (Fsp3) is 0.429. The van der Waals surface area contributed by atoms with Gasteiger partial charge >= 0.3 is 0 Å². The Bertz CT molecular complexity index is 674. The number of aromatic nitrogens is 4. The smallest absolute Gasteiger partial charge is 0.256 e. The van der Waals surface area contributed by atoms with Gasteiger partial charge in [-0.05, 0) is 54.4 Å². The van der Waals surface area contributed by atoms with Crippen LogP contribution in [0, 0.1) is 5.92 Å². The Morgan fingerprint density at radius 1 is 1.50 bits per heavy atom. The molecule has 1 aromatic heterocycles. The lowest BCUT2D eigenvalue weighted by molar-refractivity contribution is 0.0743. The molecule has 3 rings (SSSR count). The predicted molar refractivity (Wildman–Crippen MR) is 81.8 cm³/mol. The summed E-state index contributed by atoms with van der Waals surface area (Å²) in [5.74, 6) is 0.270. The molecular weight excluding hydrogens is 304 g/mol. The summed E-state index contributed by atoms with van der Waals surface area (Å²) >= 11 is 6.07. The van der Waals surface area contributed by atoms with E-state index in [2.05, 4.69) is 15.5 Å². The topological polar surface area (TPSA) is 89.9 Å². The number of benzene rings is 1. The van der Waals surface area contributed by atoms with Crippen LogP contribution < -0.4 is 5.73 Å². The Hall–Kier alpha value is -1.99. The van der Waals surface area contributed by atoms with Crippen molar-refractivity contribution in [1.29, 1.82) is 0 Å². The Morgan fingerprint density at radius 3 is 2.95 bits per heavy atom. The number of nitrogens with two attached hydrogens (primary N) is 1. The molecule has 1 aliphatic rings. The maximum Gasteiger partial charge on any atom is 0.256 e. The van der Waals surface area contributed by atoms with Gasteiger partial charge in [-0.3, -0.25) is 4.79 Å². The Morgan fingerprint density at radius 2 is 2.32 bits per heavy atom. The van der Waals surface area contributed by atoms with E-state index in [-0.39, 0.29) is 11.9 Å². The van der Waals surface area contributed by atoms with Crippen molar-refractivity contribution < 1.29 is 4.79 Å². The molecule has 116 valence electrons. The monoisotopic (exact) mass is 320 g/mol. The van der Waals surface area contributed by atoms with E-state index in [1.54, 1.807) is 18.2 Å². The minimum Gasteiger partial charge on any atom is -0.336 e. The van der Waals surface area contributed by atoms with Crippen LogP contribution in [0.15, 0.2) is 24.5 Å². The SMILES string of the molecule is CC1CC(CN)CN1C(=O)c1cc(Cl)ccc1-n1cnnn1. The second-order valence-corrected chi connectivity index (χ2v) is 6.00. The van der Waals surface area contributed by atoms with Gasteiger partial charge in [0.2, 0.25) is 0 Å². The third kappa shape index (κ3) is 2.69. The molecule has 0 saturated carbocycles. The highest BCUT2D eigenvalue weighted by Gasteiger charge is 2.33. The minimum absolute atomic E-state index is 0.0727. The van der Waals surface area contributed by atoms with Crippen molar-refractivity contribution in [2.75, 3.05) is 13.1 Å². The lowest BCUT2D eigenvalue weighted by Gasteiger charge is -2.23. The molecule has 0 radical (unpaired) electrons. The molecule has 2 unspecified atom stereocenters. The zero-order valence-electron chi connectivity index (χ0n) is 12.2. The van der Waals surface area contributed by atoms with Crippen molar-refractivity contribution in [3.8, 4) is 5.69 Å². The fourth-order valence-electron chi connectivity index (χ4n) is 2.90. The first kappa shape index (κ1) is 14.9. The average Bonchev–Trinajstić information content (AvgIpc) is 3.15. The molecule has 1 aromatic carbocycles. The van der Waals surface area contributed by atoms with Gasteiger partial charge in [0.25, 0.3) is 5.91 Å². The van der Waals surface area contributed by atoms with Gasteiger partial charge in [0.15, 0.2) is 0 Å². The van der Waals surface area contributed by atoms with Crippen LogP contribution in [0.25, 0.3) is 5.69 Å². The standard InChI is InChI=1S/C14H17ClN6O/c1-9-4-10(6-16)7-20(9)14(22)12-5-11(15)2-3-13(12)21-8-17-18-19-21/h2-3,5,8-10H,4,6-7,16H2,1H3. The highest BCUT2D eigenvalue weighted by molar-refractivity contribution is 6.31. The molecule has 0 bridgehead atoms. The van der Waals surface area contributed by atoms with E-state index in [4.69, 9.17) is 17.3 Å². The van der Waals surface area contributed by atoms with E-state index >= 15 is 0 Å². The fourth-order valence-corrected chi connectivity index (χ4v) is 3.07. The second-order valence-electron chi connectivity index (χ2n) is 5.56. The molecule has 8 heteroatoms. The molecule has 1 aliphatic heterocycles. The quantitative estimate of drug-likeness (QED) is 0.915. The molecule has 2 heterocycles. The first-order valence-corrected chi connectivity index (χ1v) is 7.52. The van der Waals surface area contributed by atoms with Crippen LogP contribution in [0.4, 0.5) is 0 Å². The summed E-state index contributed by atoms with van der Waals surface area (Å²) in [6, 6.07) is 5.27. The van der Waals surface area contributed by atoms with Crippen molar-refractivity contribution in [1.82, 2.24) is 25.1 Å². The van der Waals surface area contributed by atoms with Gasteiger partial charge in [-0.15, -0.1) is 5.10 Å². The molecule has 1 fully saturated rings. The summed E-state index contributed by atoms with van der Waals surface area (Å²) in [6.07, 6.45) is 2.37. The van der Waals surface area contributed by atoms with Gasteiger partial charge in [-0.1, -0.05) is 11.6 Å². The van der Waals surface area contributed by atoms with E-state index in [9.17, 15) is 4.79 Å². The molecule has 1 amide bonds. The normalized spacial score (nSPS) is 21.3. The molecule has 0 spiro atoms. The summed E-state index contributed by atoms with van der Waals surface area (Å²) in [7, 11) is 0. The first-order chi connectivity index (χ1) is 10.6. The molecule has 22 heavy (non-hydrogen) atoms. The predicted octanol–water partition coefficient (Wildman–Crippen LogP) is 1.12. The van der Waals surface area contributed by atoms with Gasteiger partial charge < -0.3 is 10.6 Å². The van der Waals surface area contributed by atoms with Crippen LogP contribution in [-0.2, 0) is 0 Å². The summed E-state index contributed by atoms with van der Waals surface area (Å²) in [6.45, 7) is 3.29. The third-order valence-electron chi connectivity index (χ3n) is 4.04. The number of nitrogens with zero attached hydrogens (tertiary/aromatic N) is 5. The zero-order valence-corrected chi connectivity index (χ0v) is 12.9. The first-order valence-electron chi connectivity index (χ1n) is 7.14. The molecule has 7 nitrogen and oxygen atoms in total. The van der Waals surface area contributed by atoms with E-state index in [0.29, 0.717) is 35.3 Å². The van der Waals surface area contributed by atoms with Gasteiger partial charge in [-0.25, -0.2) is 0 Å². The number of tetrazole rings is 1. The third-order valence-corrected chi connectivity index (χ3v) is 4.28. The van der Waals surface area contributed by atoms with E-state index in [1.807, 2.05) is 11.8 Å². The highest BCUT2D eigenvalue weighted by atomic mass is 35.5. The molecule has 2 aromatic rings. The van der Waals surface area contributed by atoms with Crippen molar-refractivity contribution in [3.05, 3.63) is 35.1 Å². The van der Waals surface area contributed by atoms with Crippen molar-refractivity contribution in [2.24, 2.45) is 11.7 Å². The van der Waals surface area contributed by atoms with Crippen LogP contribution in [0.3, 0.4) is 0 Å². The van der Waals surface area contributed by atoms with E-state index in [1.165, 1.54) is 11.0 Å². The van der Waals surface area contributed by atoms with Crippen LogP contribution in [0.2, 0.25) is 5.02 Å². The summed E-state index contributed by atoms with van der Waals surface area (Å²) in [5.41, 5.74) is 6.84. The second kappa shape index (κ2) is 6.02. The number of amides is 1. The zero-order chi connectivity index (χ0) is 15.7. The van der Waals surface area contributed by atoms with E-state index < -0.39 is 0 Å². The van der Waals surface area contributed by atoms with E-state index in [0.717, 1.165) is 6.42 Å². The highest BCUT2D eigenvalue weighted by Crippen LogP contribution is 2.27. The van der Waals surface area contributed by atoms with Gasteiger partial charge in [0.05, 0.1) is 11.3 Å². The number of hydrogen-bond acceptors (Lipinski definition) is 5. The van der Waals surface area contributed by atoms with Crippen LogP contribution in [0.5, 0.6) is 0 Å². The maximum absolute atomic E-state index is 12.9. The molecule has 2 atom stereocenters. The number of carbonyl (C=O) groups excluding carboxylic acids is 1. The number of rotatable bonds is 3. The number of hydrogen-bond donors (Lipinski definition) is 1. The largest absolute Gasteiger partial charge is 0.336 e. The number of carbonyl (C=O) groups is 1. The lowest BCUT2D eigenvalue weighted by Crippen LogP contribution is -2.35. The summed E-state index contributed by atoms with van der Waals surface area (Å²) in [5, 5.41) is 11.6. The van der Waals surface area contributed by atoms with Crippen LogP contribution >= 0.6 is 11.6 Å². The van der Waals surface area contributed by atoms with Crippen LogP contribution in [-0.4, -0.2) is 50.1 Å². The maximum atomic E-state index is 12.9. The van der Waals surface area contributed by atoms with Gasteiger partial charge in [-0.2, -0.15) is 4.68 Å². The molecular formula is C14H17ClN6O. The van der Waals surface area contributed by atoms with Gasteiger partial charge in [0.1, 0.15) is 6.33 Å². The van der Waals surface area contributed by atoms with Crippen molar-refractivity contribution >= 4 is 17.5 Å². The molecule has 0 aliphatic carbocycles. The average molecular weight is 321 g/mol. The van der Waals surface area contributed by atoms with Crippen molar-refractivity contribution in [2.45, 2.75) is 19.4 Å². The lowest BCUT2D eigenvalue weighted by atomic mass is 10.1. The Labute approximate surface area is 133 Å². The van der Waals surface area contributed by atoms with Gasteiger partial charge in [0, 0.05) is 17.6 Å².